The summed E-state index contributed by atoms with van der Waals surface area (Å²) in [5.41, 5.74) is 1.61. The van der Waals surface area contributed by atoms with Gasteiger partial charge in [0.2, 0.25) is 0 Å². The Bertz CT molecular complexity index is 381. The smallest absolute Gasteiger partial charge is 0.337 e. The number of aryl methyl sites for hydroxylation is 1. The number of aliphatic hydroxyl groups is 1. The number of carboxylic acids is 1. The molecule has 0 radical (unpaired) electrons. The first kappa shape index (κ1) is 13.9. The molecule has 0 saturated carbocycles. The Morgan fingerprint density at radius 1 is 1.50 bits per heavy atom. The summed E-state index contributed by atoms with van der Waals surface area (Å²) < 4.78 is 0.791. The second-order valence-corrected chi connectivity index (χ2v) is 5.34. The van der Waals surface area contributed by atoms with Crippen LogP contribution in [0.4, 0.5) is 0 Å². The lowest BCUT2D eigenvalue weighted by atomic mass is 10.0. The minimum Gasteiger partial charge on any atom is -0.479 e. The van der Waals surface area contributed by atoms with Crippen LogP contribution in [0.25, 0.3) is 0 Å². The lowest BCUT2D eigenvalue weighted by molar-refractivity contribution is -0.147. The number of hydrogen-bond acceptors (Lipinski definition) is 2. The molecule has 0 heterocycles. The monoisotopic (exact) mass is 398 g/mol. The topological polar surface area (TPSA) is 57.5 Å². The first-order chi connectivity index (χ1) is 7.56. The zero-order valence-corrected chi connectivity index (χ0v) is 12.2. The molecule has 0 fully saturated rings. The molecule has 1 rings (SSSR count). The highest BCUT2D eigenvalue weighted by molar-refractivity contribution is 14.1. The summed E-state index contributed by atoms with van der Waals surface area (Å²) in [6.07, 6.45) is 0.554. The number of aliphatic hydroxyl groups excluding tert-OH is 1. The highest BCUT2D eigenvalue weighted by Crippen LogP contribution is 2.22. The Morgan fingerprint density at radius 3 is 2.69 bits per heavy atom. The van der Waals surface area contributed by atoms with Crippen molar-refractivity contribution in [2.24, 2.45) is 0 Å². The number of hydrogen-bond donors (Lipinski definition) is 2. The zero-order valence-electron chi connectivity index (χ0n) is 8.49. The average Bonchev–Trinajstić information content (AvgIpc) is 2.25. The number of benzene rings is 1. The number of halogens is 2. The molecule has 0 saturated heterocycles. The fourth-order valence-electron chi connectivity index (χ4n) is 1.35. The molecular weight excluding hydrogens is 387 g/mol. The summed E-state index contributed by atoms with van der Waals surface area (Å²) in [5, 5.41) is 19.1. The van der Waals surface area contributed by atoms with Crippen LogP contribution in [0, 0.1) is 3.57 Å². The van der Waals surface area contributed by atoms with Gasteiger partial charge in [-0.15, -0.1) is 0 Å². The summed E-state index contributed by atoms with van der Waals surface area (Å²) in [7, 11) is 0. The van der Waals surface area contributed by atoms with Crippen LogP contribution in [-0.2, 0) is 11.2 Å². The van der Waals surface area contributed by atoms with E-state index >= 15 is 0 Å². The van der Waals surface area contributed by atoms with Crippen molar-refractivity contribution in [3.8, 4) is 0 Å². The molecule has 1 aromatic rings. The van der Waals surface area contributed by atoms with Crippen LogP contribution in [0.2, 0.25) is 0 Å². The molecule has 88 valence electrons. The first-order valence-corrected chi connectivity index (χ1v) is 7.01. The molecule has 3 nitrogen and oxygen atoms in total. The molecule has 0 bridgehead atoms. The summed E-state index contributed by atoms with van der Waals surface area (Å²) in [4.78, 5) is 10.6. The SMILES string of the molecule is O=C(O)C(O)c1ccc(CCCBr)cc1I. The van der Waals surface area contributed by atoms with E-state index in [2.05, 4.69) is 38.5 Å². The Morgan fingerprint density at radius 2 is 2.19 bits per heavy atom. The molecule has 1 aromatic carbocycles. The molecular formula is C11H12BrIO3. The predicted octanol–water partition coefficient (Wildman–Crippen LogP) is 2.74. The fourth-order valence-corrected chi connectivity index (χ4v) is 2.51. The molecule has 0 spiro atoms. The third-order valence-electron chi connectivity index (χ3n) is 2.19. The molecule has 0 aliphatic heterocycles. The van der Waals surface area contributed by atoms with Crippen molar-refractivity contribution in [2.45, 2.75) is 18.9 Å². The highest BCUT2D eigenvalue weighted by atomic mass is 127. The molecule has 0 aliphatic rings. The normalized spacial score (nSPS) is 12.4. The minimum absolute atomic E-state index is 0.454. The number of carboxylic acid groups (broad SMARTS) is 1. The Labute approximate surface area is 116 Å². The summed E-state index contributed by atoms with van der Waals surface area (Å²) in [5.74, 6) is -1.22. The number of rotatable bonds is 5. The van der Waals surface area contributed by atoms with E-state index in [-0.39, 0.29) is 0 Å². The Balaban J connectivity index is 2.87. The molecule has 5 heteroatoms. The molecule has 0 aliphatic carbocycles. The maximum atomic E-state index is 10.6. The van der Waals surface area contributed by atoms with Gasteiger partial charge < -0.3 is 10.2 Å². The van der Waals surface area contributed by atoms with Crippen LogP contribution in [0.3, 0.4) is 0 Å². The number of carbonyl (C=O) groups is 1. The van der Waals surface area contributed by atoms with Crippen LogP contribution in [0.5, 0.6) is 0 Å². The van der Waals surface area contributed by atoms with Gasteiger partial charge in [0, 0.05) is 14.5 Å². The van der Waals surface area contributed by atoms with Gasteiger partial charge in [-0.05, 0) is 47.1 Å². The van der Waals surface area contributed by atoms with E-state index in [9.17, 15) is 9.90 Å². The van der Waals surface area contributed by atoms with Crippen molar-refractivity contribution >= 4 is 44.5 Å². The highest BCUT2D eigenvalue weighted by Gasteiger charge is 2.18. The number of aliphatic carboxylic acids is 1. The lowest BCUT2D eigenvalue weighted by Gasteiger charge is -2.10. The third-order valence-corrected chi connectivity index (χ3v) is 3.69. The summed E-state index contributed by atoms with van der Waals surface area (Å²) >= 11 is 5.41. The molecule has 1 unspecified atom stereocenters. The largest absolute Gasteiger partial charge is 0.479 e. The lowest BCUT2D eigenvalue weighted by Crippen LogP contribution is -2.12. The third kappa shape index (κ3) is 3.71. The summed E-state index contributed by atoms with van der Waals surface area (Å²) in [6.45, 7) is 0. The molecule has 0 amide bonds. The van der Waals surface area contributed by atoms with Crippen LogP contribution in [-0.4, -0.2) is 21.5 Å². The van der Waals surface area contributed by atoms with E-state index in [4.69, 9.17) is 5.11 Å². The first-order valence-electron chi connectivity index (χ1n) is 4.81. The van der Waals surface area contributed by atoms with E-state index in [1.807, 2.05) is 12.1 Å². The zero-order chi connectivity index (χ0) is 12.1. The average molecular weight is 399 g/mol. The standard InChI is InChI=1S/C11H12BrIO3/c12-5-1-2-7-3-4-8(9(13)6-7)10(14)11(15)16/h3-4,6,10,14H,1-2,5H2,(H,15,16). The van der Waals surface area contributed by atoms with Crippen LogP contribution in [0.1, 0.15) is 23.7 Å². The van der Waals surface area contributed by atoms with E-state index < -0.39 is 12.1 Å². The van der Waals surface area contributed by atoms with Gasteiger partial charge in [0.1, 0.15) is 0 Å². The van der Waals surface area contributed by atoms with E-state index in [1.54, 1.807) is 6.07 Å². The van der Waals surface area contributed by atoms with Crippen LogP contribution >= 0.6 is 38.5 Å². The van der Waals surface area contributed by atoms with Gasteiger partial charge >= 0.3 is 5.97 Å². The van der Waals surface area contributed by atoms with E-state index in [0.29, 0.717) is 5.56 Å². The van der Waals surface area contributed by atoms with Crippen molar-refractivity contribution < 1.29 is 15.0 Å². The maximum Gasteiger partial charge on any atom is 0.337 e. The van der Waals surface area contributed by atoms with Crippen LogP contribution < -0.4 is 0 Å². The van der Waals surface area contributed by atoms with Gasteiger partial charge in [-0.2, -0.15) is 0 Å². The van der Waals surface area contributed by atoms with Gasteiger partial charge in [-0.1, -0.05) is 28.1 Å². The van der Waals surface area contributed by atoms with E-state index in [1.165, 1.54) is 0 Å². The second kappa shape index (κ2) is 6.56. The van der Waals surface area contributed by atoms with E-state index in [0.717, 1.165) is 27.3 Å². The quantitative estimate of drug-likeness (QED) is 0.592. The molecule has 2 N–H and O–H groups in total. The van der Waals surface area contributed by atoms with Crippen molar-refractivity contribution in [3.05, 3.63) is 32.9 Å². The number of alkyl halides is 1. The van der Waals surface area contributed by atoms with Crippen molar-refractivity contribution in [3.63, 3.8) is 0 Å². The summed E-state index contributed by atoms with van der Waals surface area (Å²) in [6, 6.07) is 5.47. The minimum atomic E-state index is -1.43. The Kier molecular flexibility index (Phi) is 5.71. The Hall–Kier alpha value is -0.140. The molecule has 0 aromatic heterocycles. The molecule has 1 atom stereocenters. The van der Waals surface area contributed by atoms with Gasteiger partial charge in [-0.25, -0.2) is 4.79 Å². The van der Waals surface area contributed by atoms with Crippen molar-refractivity contribution in [1.82, 2.24) is 0 Å². The van der Waals surface area contributed by atoms with Crippen molar-refractivity contribution in [1.29, 1.82) is 0 Å². The molecule has 16 heavy (non-hydrogen) atoms. The van der Waals surface area contributed by atoms with Crippen molar-refractivity contribution in [2.75, 3.05) is 5.33 Å². The predicted molar refractivity (Wildman–Crippen MR) is 73.9 cm³/mol. The van der Waals surface area contributed by atoms with Crippen LogP contribution in [0.15, 0.2) is 18.2 Å². The van der Waals surface area contributed by atoms with Gasteiger partial charge in [0.15, 0.2) is 6.10 Å². The fraction of sp³-hybridized carbons (Fsp3) is 0.364. The second-order valence-electron chi connectivity index (χ2n) is 3.39. The van der Waals surface area contributed by atoms with Gasteiger partial charge in [-0.3, -0.25) is 0 Å². The van der Waals surface area contributed by atoms with Gasteiger partial charge in [0.05, 0.1) is 0 Å². The van der Waals surface area contributed by atoms with Gasteiger partial charge in [0.25, 0.3) is 0 Å². The maximum absolute atomic E-state index is 10.6.